The first-order valence-electron chi connectivity index (χ1n) is 5.03. The Balaban J connectivity index is 2.54. The first kappa shape index (κ1) is 13.0. The van der Waals surface area contributed by atoms with Crippen LogP contribution < -0.4 is 5.73 Å². The van der Waals surface area contributed by atoms with Crippen molar-refractivity contribution in [3.05, 3.63) is 29.3 Å². The summed E-state index contributed by atoms with van der Waals surface area (Å²) in [5, 5.41) is 8.41. The zero-order valence-corrected chi connectivity index (χ0v) is 10.9. The lowest BCUT2D eigenvalue weighted by Gasteiger charge is -2.20. The van der Waals surface area contributed by atoms with Crippen molar-refractivity contribution in [3.63, 3.8) is 0 Å². The summed E-state index contributed by atoms with van der Waals surface area (Å²) in [6, 6.07) is 7.26. The van der Waals surface area contributed by atoms with Gasteiger partial charge in [-0.05, 0) is 12.1 Å². The summed E-state index contributed by atoms with van der Waals surface area (Å²) in [6.07, 6.45) is -0.533. The molecule has 0 aliphatic carbocycles. The van der Waals surface area contributed by atoms with Crippen molar-refractivity contribution >= 4 is 45.3 Å². The van der Waals surface area contributed by atoms with Crippen LogP contribution in [0.15, 0.2) is 24.3 Å². The van der Waals surface area contributed by atoms with Gasteiger partial charge in [-0.1, -0.05) is 12.1 Å². The van der Waals surface area contributed by atoms with Crippen molar-refractivity contribution in [2.45, 2.75) is 12.0 Å². The average molecular weight is 282 g/mol. The van der Waals surface area contributed by atoms with Gasteiger partial charge in [0.1, 0.15) is 10.5 Å². The van der Waals surface area contributed by atoms with Crippen LogP contribution in [0.1, 0.15) is 11.4 Å². The number of benzene rings is 1. The van der Waals surface area contributed by atoms with Gasteiger partial charge in [0, 0.05) is 0 Å². The maximum absolute atomic E-state index is 11.5. The number of carbonyl (C=O) groups is 2. The maximum atomic E-state index is 11.5. The minimum atomic E-state index is -1.68. The van der Waals surface area contributed by atoms with Crippen molar-refractivity contribution in [2.24, 2.45) is 5.73 Å². The number of hydrogen-bond acceptors (Lipinski definition) is 5. The number of thiazole rings is 1. The molecule has 2 rings (SSSR count). The number of fused-ring (bicyclic) bond motifs is 1. The van der Waals surface area contributed by atoms with Crippen LogP contribution in [0.3, 0.4) is 0 Å². The number of carbonyl (C=O) groups excluding carboxylic acids is 1. The largest absolute Gasteiger partial charge is 0.481 e. The van der Waals surface area contributed by atoms with Crippen LogP contribution in [-0.2, 0) is 15.1 Å². The highest BCUT2D eigenvalue weighted by Crippen LogP contribution is 2.32. The molecular formula is C11H10N2O3S2. The lowest BCUT2D eigenvalue weighted by molar-refractivity contribution is -0.140. The van der Waals surface area contributed by atoms with Gasteiger partial charge in [0.15, 0.2) is 0 Å². The molecule has 1 aromatic carbocycles. The SMILES string of the molecule is NC(CC(=O)O)(C(=O)S)c1nc2ccccc2s1. The number of para-hydroxylation sites is 1. The zero-order valence-electron chi connectivity index (χ0n) is 9.16. The van der Waals surface area contributed by atoms with Crippen LogP contribution in [0, 0.1) is 0 Å². The second-order valence-electron chi connectivity index (χ2n) is 3.83. The van der Waals surface area contributed by atoms with Crippen molar-refractivity contribution in [3.8, 4) is 0 Å². The van der Waals surface area contributed by atoms with E-state index in [1.165, 1.54) is 11.3 Å². The number of carboxylic acid groups (broad SMARTS) is 1. The van der Waals surface area contributed by atoms with Crippen molar-refractivity contribution < 1.29 is 14.7 Å². The predicted octanol–water partition coefficient (Wildman–Crippen LogP) is 1.38. The molecule has 3 N–H and O–H groups in total. The summed E-state index contributed by atoms with van der Waals surface area (Å²) in [7, 11) is 0. The molecule has 1 unspecified atom stereocenters. The molecule has 0 spiro atoms. The van der Waals surface area contributed by atoms with Crippen LogP contribution in [0.4, 0.5) is 0 Å². The molecule has 1 aromatic heterocycles. The number of nitrogens with zero attached hydrogens (tertiary/aromatic N) is 1. The molecule has 1 heterocycles. The van der Waals surface area contributed by atoms with Gasteiger partial charge in [-0.3, -0.25) is 9.59 Å². The van der Waals surface area contributed by atoms with E-state index in [9.17, 15) is 9.59 Å². The van der Waals surface area contributed by atoms with Crippen molar-refractivity contribution in [1.29, 1.82) is 0 Å². The molecule has 0 radical (unpaired) electrons. The third-order valence-corrected chi connectivity index (χ3v) is 4.10. The van der Waals surface area contributed by atoms with Gasteiger partial charge in [-0.2, -0.15) is 0 Å². The Morgan fingerprint density at radius 1 is 1.44 bits per heavy atom. The molecule has 0 saturated carbocycles. The van der Waals surface area contributed by atoms with Crippen molar-refractivity contribution in [2.75, 3.05) is 0 Å². The third kappa shape index (κ3) is 2.24. The maximum Gasteiger partial charge on any atom is 0.306 e. The number of aliphatic carboxylic acids is 1. The zero-order chi connectivity index (χ0) is 13.3. The van der Waals surface area contributed by atoms with E-state index < -0.39 is 23.0 Å². The molecule has 0 bridgehead atoms. The normalized spacial score (nSPS) is 14.3. The Morgan fingerprint density at radius 2 is 2.11 bits per heavy atom. The van der Waals surface area contributed by atoms with E-state index in [0.29, 0.717) is 5.52 Å². The van der Waals surface area contributed by atoms with Gasteiger partial charge in [-0.15, -0.1) is 24.0 Å². The van der Waals surface area contributed by atoms with Crippen LogP contribution in [0.2, 0.25) is 0 Å². The highest BCUT2D eigenvalue weighted by Gasteiger charge is 2.39. The lowest BCUT2D eigenvalue weighted by Crippen LogP contribution is -2.44. The van der Waals surface area contributed by atoms with Gasteiger partial charge in [0.2, 0.25) is 5.12 Å². The quantitative estimate of drug-likeness (QED) is 0.737. The van der Waals surface area contributed by atoms with E-state index in [-0.39, 0.29) is 5.01 Å². The van der Waals surface area contributed by atoms with Gasteiger partial charge >= 0.3 is 5.97 Å². The molecule has 0 fully saturated rings. The Hall–Kier alpha value is -1.44. The molecule has 0 saturated heterocycles. The molecule has 18 heavy (non-hydrogen) atoms. The molecule has 0 aliphatic rings. The number of hydrogen-bond donors (Lipinski definition) is 3. The predicted molar refractivity (Wildman–Crippen MR) is 71.7 cm³/mol. The van der Waals surface area contributed by atoms with E-state index >= 15 is 0 Å². The molecule has 94 valence electrons. The second-order valence-corrected chi connectivity index (χ2v) is 5.27. The van der Waals surface area contributed by atoms with Gasteiger partial charge in [0.05, 0.1) is 16.6 Å². The Morgan fingerprint density at radius 3 is 2.67 bits per heavy atom. The average Bonchev–Trinajstić information content (AvgIpc) is 2.71. The minimum Gasteiger partial charge on any atom is -0.481 e. The molecule has 7 heteroatoms. The molecule has 5 nitrogen and oxygen atoms in total. The van der Waals surface area contributed by atoms with Crippen LogP contribution in [0.25, 0.3) is 10.2 Å². The Labute approximate surface area is 112 Å². The fourth-order valence-corrected chi connectivity index (χ4v) is 2.87. The lowest BCUT2D eigenvalue weighted by atomic mass is 9.99. The molecule has 0 amide bonds. The monoisotopic (exact) mass is 282 g/mol. The van der Waals surface area contributed by atoms with E-state index in [1.807, 2.05) is 18.2 Å². The van der Waals surface area contributed by atoms with Crippen LogP contribution >= 0.6 is 24.0 Å². The summed E-state index contributed by atoms with van der Waals surface area (Å²) in [5.74, 6) is -1.17. The molecule has 0 aliphatic heterocycles. The first-order chi connectivity index (χ1) is 8.43. The summed E-state index contributed by atoms with van der Waals surface area (Å²) < 4.78 is 0.849. The third-order valence-electron chi connectivity index (χ3n) is 2.49. The Kier molecular flexibility index (Phi) is 3.38. The highest BCUT2D eigenvalue weighted by atomic mass is 32.1. The van der Waals surface area contributed by atoms with E-state index in [0.717, 1.165) is 4.70 Å². The minimum absolute atomic E-state index is 0.270. The topological polar surface area (TPSA) is 93.3 Å². The smallest absolute Gasteiger partial charge is 0.306 e. The number of carboxylic acids is 1. The summed E-state index contributed by atoms with van der Waals surface area (Å²) in [5.41, 5.74) is 4.87. The standard InChI is InChI=1S/C11H10N2O3S2/c12-11(10(16)17,5-8(14)15)9-13-6-3-1-2-4-7(6)18-9/h1-4H,5,12H2,(H,14,15)(H,16,17). The van der Waals surface area contributed by atoms with E-state index in [2.05, 4.69) is 17.6 Å². The number of rotatable bonds is 4. The van der Waals surface area contributed by atoms with Gasteiger partial charge < -0.3 is 10.8 Å². The van der Waals surface area contributed by atoms with E-state index in [1.54, 1.807) is 6.07 Å². The fourth-order valence-electron chi connectivity index (χ4n) is 1.54. The summed E-state index contributed by atoms with van der Waals surface area (Å²) >= 11 is 4.89. The number of thiol groups is 1. The van der Waals surface area contributed by atoms with Crippen molar-refractivity contribution in [1.82, 2.24) is 4.98 Å². The fraction of sp³-hybridized carbons (Fsp3) is 0.182. The van der Waals surface area contributed by atoms with E-state index in [4.69, 9.17) is 10.8 Å². The Bertz CT molecular complexity index is 593. The first-order valence-corrected chi connectivity index (χ1v) is 6.30. The molecule has 2 aromatic rings. The molecular weight excluding hydrogens is 272 g/mol. The van der Waals surface area contributed by atoms with Crippen LogP contribution in [0.5, 0.6) is 0 Å². The number of aromatic nitrogens is 1. The van der Waals surface area contributed by atoms with Gasteiger partial charge in [-0.25, -0.2) is 4.98 Å². The number of nitrogens with two attached hydrogens (primary N) is 1. The van der Waals surface area contributed by atoms with Crippen LogP contribution in [-0.4, -0.2) is 21.2 Å². The summed E-state index contributed by atoms with van der Waals surface area (Å²) in [6.45, 7) is 0. The molecule has 1 atom stereocenters. The summed E-state index contributed by atoms with van der Waals surface area (Å²) in [4.78, 5) is 26.6. The second kappa shape index (κ2) is 4.68. The van der Waals surface area contributed by atoms with Gasteiger partial charge in [0.25, 0.3) is 0 Å². The highest BCUT2D eigenvalue weighted by molar-refractivity contribution is 7.96.